The molecule has 9 heteroatoms. The Bertz CT molecular complexity index is 1200. The fourth-order valence-corrected chi connectivity index (χ4v) is 3.11. The van der Waals surface area contributed by atoms with Crippen molar-refractivity contribution >= 4 is 28.9 Å². The number of hydrogen-bond acceptors (Lipinski definition) is 7. The van der Waals surface area contributed by atoms with Gasteiger partial charge in [-0.3, -0.25) is 0 Å². The van der Waals surface area contributed by atoms with E-state index in [2.05, 4.69) is 20.3 Å². The average molecular weight is 391 g/mol. The number of fused-ring (bicyclic) bond motifs is 1. The number of nitrogens with one attached hydrogen (secondary N) is 1. The van der Waals surface area contributed by atoms with Gasteiger partial charge in [0, 0.05) is 17.2 Å². The van der Waals surface area contributed by atoms with Crippen LogP contribution in [0.2, 0.25) is 5.15 Å². The van der Waals surface area contributed by atoms with Crippen molar-refractivity contribution in [3.8, 4) is 17.3 Å². The maximum atomic E-state index is 9.06. The highest BCUT2D eigenvalue weighted by atomic mass is 35.5. The van der Waals surface area contributed by atoms with E-state index in [4.69, 9.17) is 27.7 Å². The van der Waals surface area contributed by atoms with Gasteiger partial charge in [-0.2, -0.15) is 10.4 Å². The Morgan fingerprint density at radius 2 is 2.00 bits per heavy atom. The van der Waals surface area contributed by atoms with Crippen LogP contribution in [-0.4, -0.2) is 24.6 Å². The normalized spacial score (nSPS) is 11.9. The Morgan fingerprint density at radius 3 is 2.75 bits per heavy atom. The van der Waals surface area contributed by atoms with Gasteiger partial charge in [0.1, 0.15) is 17.7 Å². The summed E-state index contributed by atoms with van der Waals surface area (Å²) in [6.07, 6.45) is 1.56. The summed E-state index contributed by atoms with van der Waals surface area (Å²) in [6.45, 7) is 1.97. The number of rotatable bonds is 4. The summed E-state index contributed by atoms with van der Waals surface area (Å²) in [7, 11) is 0. The van der Waals surface area contributed by atoms with Crippen LogP contribution in [0.25, 0.3) is 16.9 Å². The van der Waals surface area contributed by atoms with E-state index in [1.165, 1.54) is 0 Å². The van der Waals surface area contributed by atoms with Gasteiger partial charge in [0.2, 0.25) is 5.82 Å². The van der Waals surface area contributed by atoms with Gasteiger partial charge >= 0.3 is 0 Å². The van der Waals surface area contributed by atoms with Crippen LogP contribution in [-0.2, 0) is 0 Å². The molecule has 0 amide bonds. The van der Waals surface area contributed by atoms with Crippen molar-refractivity contribution in [3.05, 3.63) is 65.2 Å². The minimum Gasteiger partial charge on any atom is -0.383 e. The van der Waals surface area contributed by atoms with E-state index in [1.807, 2.05) is 49.4 Å². The lowest BCUT2D eigenvalue weighted by Gasteiger charge is -2.18. The zero-order valence-corrected chi connectivity index (χ0v) is 15.6. The average Bonchev–Trinajstić information content (AvgIpc) is 3.07. The lowest BCUT2D eigenvalue weighted by molar-refractivity contribution is 0.840. The standard InChI is InChI=1S/C19H15ClN8/c1-11(24-16-8-15(22)25-17(9-21)26-16)13-7-18-23-10-14(20)28(18)27-19(13)12-5-3-2-4-6-12/h2-8,10-11H,1H3,(H3,22,24,25,26)/t11-/m0/s1. The van der Waals surface area contributed by atoms with Crippen LogP contribution >= 0.6 is 11.6 Å². The minimum absolute atomic E-state index is 0.00611. The number of nitriles is 1. The predicted octanol–water partition coefficient (Wildman–Crippen LogP) is 3.47. The Hall–Kier alpha value is -3.70. The summed E-state index contributed by atoms with van der Waals surface area (Å²) in [4.78, 5) is 12.3. The van der Waals surface area contributed by atoms with Crippen molar-refractivity contribution in [3.63, 3.8) is 0 Å². The van der Waals surface area contributed by atoms with Crippen LogP contribution < -0.4 is 11.1 Å². The molecule has 1 atom stereocenters. The second-order valence-corrected chi connectivity index (χ2v) is 6.53. The van der Waals surface area contributed by atoms with Crippen molar-refractivity contribution < 1.29 is 0 Å². The first-order valence-corrected chi connectivity index (χ1v) is 8.84. The monoisotopic (exact) mass is 390 g/mol. The lowest BCUT2D eigenvalue weighted by Crippen LogP contribution is -2.13. The third kappa shape index (κ3) is 3.31. The Labute approximate surface area is 165 Å². The molecule has 4 aromatic rings. The zero-order chi connectivity index (χ0) is 19.7. The van der Waals surface area contributed by atoms with Gasteiger partial charge in [-0.15, -0.1) is 0 Å². The van der Waals surface area contributed by atoms with Gasteiger partial charge in [-0.05, 0) is 13.0 Å². The highest BCUT2D eigenvalue weighted by Crippen LogP contribution is 2.30. The number of imidazole rings is 1. The molecule has 138 valence electrons. The molecule has 0 unspecified atom stereocenters. The summed E-state index contributed by atoms with van der Waals surface area (Å²) < 4.78 is 1.59. The van der Waals surface area contributed by atoms with Crippen LogP contribution in [0.15, 0.2) is 48.7 Å². The van der Waals surface area contributed by atoms with Crippen LogP contribution in [0, 0.1) is 11.3 Å². The molecule has 0 bridgehead atoms. The summed E-state index contributed by atoms with van der Waals surface area (Å²) in [5.41, 5.74) is 9.00. The Balaban J connectivity index is 1.81. The number of hydrogen-bond donors (Lipinski definition) is 2. The molecule has 4 rings (SSSR count). The van der Waals surface area contributed by atoms with Gasteiger partial charge < -0.3 is 11.1 Å². The lowest BCUT2D eigenvalue weighted by atomic mass is 10.0. The fourth-order valence-electron chi connectivity index (χ4n) is 2.94. The Kier molecular flexibility index (Phi) is 4.51. The number of benzene rings is 1. The summed E-state index contributed by atoms with van der Waals surface area (Å²) in [5.74, 6) is 0.682. The van der Waals surface area contributed by atoms with Crippen LogP contribution in [0.3, 0.4) is 0 Å². The molecule has 0 saturated carbocycles. The van der Waals surface area contributed by atoms with E-state index in [0.29, 0.717) is 16.6 Å². The first-order valence-electron chi connectivity index (χ1n) is 8.46. The molecule has 3 aromatic heterocycles. The van der Waals surface area contributed by atoms with Gasteiger partial charge in [-0.25, -0.2) is 19.5 Å². The van der Waals surface area contributed by atoms with Crippen molar-refractivity contribution in [1.29, 1.82) is 5.26 Å². The van der Waals surface area contributed by atoms with Crippen molar-refractivity contribution in [2.75, 3.05) is 11.1 Å². The second kappa shape index (κ2) is 7.13. The Morgan fingerprint density at radius 1 is 1.21 bits per heavy atom. The summed E-state index contributed by atoms with van der Waals surface area (Å²) in [6, 6.07) is 15.0. The van der Waals surface area contributed by atoms with Gasteiger partial charge in [0.25, 0.3) is 0 Å². The van der Waals surface area contributed by atoms with Crippen molar-refractivity contribution in [1.82, 2.24) is 24.6 Å². The molecule has 0 aliphatic rings. The third-order valence-corrected chi connectivity index (χ3v) is 4.46. The van der Waals surface area contributed by atoms with Crippen LogP contribution in [0.5, 0.6) is 0 Å². The number of nitrogens with zero attached hydrogens (tertiary/aromatic N) is 6. The molecule has 1 aromatic carbocycles. The minimum atomic E-state index is -0.205. The highest BCUT2D eigenvalue weighted by Gasteiger charge is 2.18. The molecular formula is C19H15ClN8. The van der Waals surface area contributed by atoms with E-state index in [0.717, 1.165) is 16.8 Å². The number of nitrogens with two attached hydrogens (primary N) is 1. The highest BCUT2D eigenvalue weighted by molar-refractivity contribution is 6.29. The molecule has 3 N–H and O–H groups in total. The molecule has 0 aliphatic carbocycles. The van der Waals surface area contributed by atoms with Crippen molar-refractivity contribution in [2.24, 2.45) is 0 Å². The molecule has 8 nitrogen and oxygen atoms in total. The molecule has 0 aliphatic heterocycles. The summed E-state index contributed by atoms with van der Waals surface area (Å²) in [5, 5.41) is 17.4. The fraction of sp³-hybridized carbons (Fsp3) is 0.105. The van der Waals surface area contributed by atoms with Crippen LogP contribution in [0.4, 0.5) is 11.6 Å². The SMILES string of the molecule is C[C@H](Nc1cc(N)nc(C#N)n1)c1cc2ncc(Cl)n2nc1-c1ccccc1. The number of aromatic nitrogens is 5. The van der Waals surface area contributed by atoms with E-state index in [1.54, 1.807) is 16.8 Å². The van der Waals surface area contributed by atoms with E-state index < -0.39 is 0 Å². The molecule has 3 heterocycles. The molecule has 0 saturated heterocycles. The molecule has 0 radical (unpaired) electrons. The molecule has 0 spiro atoms. The van der Waals surface area contributed by atoms with E-state index in [9.17, 15) is 0 Å². The number of nitrogen functional groups attached to an aromatic ring is 1. The summed E-state index contributed by atoms with van der Waals surface area (Å²) >= 11 is 6.21. The smallest absolute Gasteiger partial charge is 0.236 e. The zero-order valence-electron chi connectivity index (χ0n) is 14.8. The first-order chi connectivity index (χ1) is 13.5. The van der Waals surface area contributed by atoms with Gasteiger partial charge in [0.05, 0.1) is 17.9 Å². The van der Waals surface area contributed by atoms with Crippen molar-refractivity contribution in [2.45, 2.75) is 13.0 Å². The molecule has 28 heavy (non-hydrogen) atoms. The largest absolute Gasteiger partial charge is 0.383 e. The van der Waals surface area contributed by atoms with E-state index >= 15 is 0 Å². The molecular weight excluding hydrogens is 376 g/mol. The number of anilines is 2. The van der Waals surface area contributed by atoms with Gasteiger partial charge in [-0.1, -0.05) is 41.9 Å². The molecule has 0 fully saturated rings. The number of halogens is 1. The first kappa shape index (κ1) is 17.7. The quantitative estimate of drug-likeness (QED) is 0.547. The predicted molar refractivity (Wildman–Crippen MR) is 107 cm³/mol. The maximum absolute atomic E-state index is 9.06. The van der Waals surface area contributed by atoms with Crippen LogP contribution in [0.1, 0.15) is 24.4 Å². The maximum Gasteiger partial charge on any atom is 0.236 e. The topological polar surface area (TPSA) is 118 Å². The second-order valence-electron chi connectivity index (χ2n) is 6.14. The third-order valence-electron chi connectivity index (χ3n) is 4.20. The van der Waals surface area contributed by atoms with E-state index in [-0.39, 0.29) is 17.7 Å². The van der Waals surface area contributed by atoms with Gasteiger partial charge in [0.15, 0.2) is 10.8 Å².